The third-order valence-electron chi connectivity index (χ3n) is 2.36. The summed E-state index contributed by atoms with van der Waals surface area (Å²) in [4.78, 5) is 4.00. The zero-order valence-electron chi connectivity index (χ0n) is 9.51. The van der Waals surface area contributed by atoms with Crippen LogP contribution in [0.25, 0.3) is 11.4 Å². The predicted molar refractivity (Wildman–Crippen MR) is 63.1 cm³/mol. The molecule has 0 spiro atoms. The maximum absolute atomic E-state index is 4.20. The van der Waals surface area contributed by atoms with Gasteiger partial charge in [0.1, 0.15) is 0 Å². The molecule has 84 valence electrons. The van der Waals surface area contributed by atoms with Crippen LogP contribution in [0.15, 0.2) is 24.5 Å². The Morgan fingerprint density at radius 1 is 1.25 bits per heavy atom. The number of pyridine rings is 1. The molecule has 0 aromatic carbocycles. The smallest absolute Gasteiger partial charge is 0.224 e. The number of rotatable bonds is 4. The lowest BCUT2D eigenvalue weighted by molar-refractivity contribution is 0.689. The lowest BCUT2D eigenvalue weighted by atomic mass is 10.2. The number of aromatic nitrogens is 4. The minimum absolute atomic E-state index is 0.800. The van der Waals surface area contributed by atoms with Gasteiger partial charge in [-0.2, -0.15) is 0 Å². The molecular formula is C11H15N5. The highest BCUT2D eigenvalue weighted by Gasteiger charge is 2.11. The van der Waals surface area contributed by atoms with Crippen LogP contribution in [0.1, 0.15) is 13.3 Å². The van der Waals surface area contributed by atoms with Crippen LogP contribution in [0, 0.1) is 0 Å². The molecule has 0 fully saturated rings. The van der Waals surface area contributed by atoms with Crippen molar-refractivity contribution in [3.63, 3.8) is 0 Å². The van der Waals surface area contributed by atoms with Gasteiger partial charge in [0, 0.05) is 31.5 Å². The van der Waals surface area contributed by atoms with Crippen molar-refractivity contribution in [2.24, 2.45) is 0 Å². The molecule has 0 saturated carbocycles. The van der Waals surface area contributed by atoms with Crippen LogP contribution in [0.4, 0.5) is 5.95 Å². The zero-order chi connectivity index (χ0) is 11.4. The first-order valence-corrected chi connectivity index (χ1v) is 5.38. The van der Waals surface area contributed by atoms with E-state index in [9.17, 15) is 0 Å². The lowest BCUT2D eigenvalue weighted by Crippen LogP contribution is -2.05. The van der Waals surface area contributed by atoms with E-state index in [1.54, 1.807) is 12.4 Å². The summed E-state index contributed by atoms with van der Waals surface area (Å²) in [5.41, 5.74) is 1.04. The third-order valence-corrected chi connectivity index (χ3v) is 2.36. The van der Waals surface area contributed by atoms with Gasteiger partial charge < -0.3 is 5.32 Å². The number of nitrogens with zero attached hydrogens (tertiary/aromatic N) is 4. The average Bonchev–Trinajstić information content (AvgIpc) is 2.74. The molecule has 5 heteroatoms. The van der Waals surface area contributed by atoms with E-state index in [0.717, 1.165) is 30.3 Å². The fourth-order valence-electron chi connectivity index (χ4n) is 1.64. The summed E-state index contributed by atoms with van der Waals surface area (Å²) in [5.74, 6) is 1.68. The fraction of sp³-hybridized carbons (Fsp3) is 0.364. The summed E-state index contributed by atoms with van der Waals surface area (Å²) in [6.45, 7) is 3.04. The van der Waals surface area contributed by atoms with Gasteiger partial charge in [0.05, 0.1) is 0 Å². The Morgan fingerprint density at radius 2 is 2.00 bits per heavy atom. The Bertz CT molecular complexity index is 449. The SMILES string of the molecule is CCCn1c(NC)nnc1-c1ccncc1. The molecule has 16 heavy (non-hydrogen) atoms. The first-order chi connectivity index (χ1) is 7.86. The van der Waals surface area contributed by atoms with Gasteiger partial charge >= 0.3 is 0 Å². The number of hydrogen-bond acceptors (Lipinski definition) is 4. The molecule has 0 bridgehead atoms. The second kappa shape index (κ2) is 4.74. The van der Waals surface area contributed by atoms with Crippen LogP contribution < -0.4 is 5.32 Å². The highest BCUT2D eigenvalue weighted by Crippen LogP contribution is 2.19. The molecule has 0 aliphatic heterocycles. The van der Waals surface area contributed by atoms with Gasteiger partial charge in [-0.3, -0.25) is 9.55 Å². The quantitative estimate of drug-likeness (QED) is 0.848. The molecule has 0 aliphatic rings. The van der Waals surface area contributed by atoms with E-state index in [0.29, 0.717) is 0 Å². The normalized spacial score (nSPS) is 10.4. The van der Waals surface area contributed by atoms with Crippen LogP contribution in [-0.2, 0) is 6.54 Å². The van der Waals surface area contributed by atoms with Gasteiger partial charge in [0.25, 0.3) is 0 Å². The first kappa shape index (κ1) is 10.6. The Hall–Kier alpha value is -1.91. The predicted octanol–water partition coefficient (Wildman–Crippen LogP) is 1.79. The molecule has 2 aromatic rings. The zero-order valence-corrected chi connectivity index (χ0v) is 9.51. The monoisotopic (exact) mass is 217 g/mol. The van der Waals surface area contributed by atoms with Crippen LogP contribution in [-0.4, -0.2) is 26.8 Å². The van der Waals surface area contributed by atoms with E-state index in [1.807, 2.05) is 19.2 Å². The van der Waals surface area contributed by atoms with Gasteiger partial charge in [0.2, 0.25) is 5.95 Å². The van der Waals surface area contributed by atoms with Gasteiger partial charge in [0.15, 0.2) is 5.82 Å². The molecule has 2 rings (SSSR count). The van der Waals surface area contributed by atoms with Gasteiger partial charge in [-0.25, -0.2) is 0 Å². The van der Waals surface area contributed by atoms with Crippen LogP contribution in [0.2, 0.25) is 0 Å². The second-order valence-electron chi connectivity index (χ2n) is 3.48. The highest BCUT2D eigenvalue weighted by molar-refractivity contribution is 5.56. The Morgan fingerprint density at radius 3 is 2.62 bits per heavy atom. The standard InChI is InChI=1S/C11H15N5/c1-3-8-16-10(14-15-11(16)12-2)9-4-6-13-7-5-9/h4-7H,3,8H2,1-2H3,(H,12,15). The number of anilines is 1. The lowest BCUT2D eigenvalue weighted by Gasteiger charge is -2.07. The van der Waals surface area contributed by atoms with E-state index in [-0.39, 0.29) is 0 Å². The van der Waals surface area contributed by atoms with Crippen LogP contribution in [0.5, 0.6) is 0 Å². The Kier molecular flexibility index (Phi) is 3.14. The molecule has 0 unspecified atom stereocenters. The maximum atomic E-state index is 4.20. The van der Waals surface area contributed by atoms with E-state index in [4.69, 9.17) is 0 Å². The van der Waals surface area contributed by atoms with Crippen molar-refractivity contribution in [1.29, 1.82) is 0 Å². The Balaban J connectivity index is 2.44. The molecular weight excluding hydrogens is 202 g/mol. The van der Waals surface area contributed by atoms with Crippen LogP contribution >= 0.6 is 0 Å². The average molecular weight is 217 g/mol. The van der Waals surface area contributed by atoms with E-state index in [1.165, 1.54) is 0 Å². The van der Waals surface area contributed by atoms with E-state index >= 15 is 0 Å². The van der Waals surface area contributed by atoms with E-state index < -0.39 is 0 Å². The van der Waals surface area contributed by atoms with Crippen molar-refractivity contribution in [2.75, 3.05) is 12.4 Å². The summed E-state index contributed by atoms with van der Waals surface area (Å²) in [7, 11) is 1.85. The molecule has 0 amide bonds. The van der Waals surface area contributed by atoms with Crippen LogP contribution in [0.3, 0.4) is 0 Å². The van der Waals surface area contributed by atoms with E-state index in [2.05, 4.69) is 32.0 Å². The summed E-state index contributed by atoms with van der Waals surface area (Å²) in [6.07, 6.45) is 4.57. The minimum Gasteiger partial charge on any atom is -0.357 e. The van der Waals surface area contributed by atoms with Crippen molar-refractivity contribution in [1.82, 2.24) is 19.7 Å². The summed E-state index contributed by atoms with van der Waals surface area (Å²) in [6, 6.07) is 3.88. The second-order valence-corrected chi connectivity index (χ2v) is 3.48. The van der Waals surface area contributed by atoms with Crippen molar-refractivity contribution in [3.8, 4) is 11.4 Å². The fourth-order valence-corrected chi connectivity index (χ4v) is 1.64. The Labute approximate surface area is 94.5 Å². The molecule has 0 aliphatic carbocycles. The summed E-state index contributed by atoms with van der Waals surface area (Å²) < 4.78 is 2.08. The largest absolute Gasteiger partial charge is 0.357 e. The van der Waals surface area contributed by atoms with Gasteiger partial charge in [-0.15, -0.1) is 10.2 Å². The number of hydrogen-bond donors (Lipinski definition) is 1. The summed E-state index contributed by atoms with van der Waals surface area (Å²) >= 11 is 0. The molecule has 2 heterocycles. The molecule has 1 N–H and O–H groups in total. The molecule has 0 radical (unpaired) electrons. The van der Waals surface area contributed by atoms with Crippen molar-refractivity contribution < 1.29 is 0 Å². The maximum Gasteiger partial charge on any atom is 0.224 e. The molecule has 0 saturated heterocycles. The first-order valence-electron chi connectivity index (χ1n) is 5.38. The van der Waals surface area contributed by atoms with Gasteiger partial charge in [-0.1, -0.05) is 6.92 Å². The van der Waals surface area contributed by atoms with Gasteiger partial charge in [-0.05, 0) is 18.6 Å². The third kappa shape index (κ3) is 1.88. The van der Waals surface area contributed by atoms with Crippen molar-refractivity contribution in [3.05, 3.63) is 24.5 Å². The number of nitrogens with one attached hydrogen (secondary N) is 1. The molecule has 0 atom stereocenters. The highest BCUT2D eigenvalue weighted by atomic mass is 15.3. The summed E-state index contributed by atoms with van der Waals surface area (Å²) in [5, 5.41) is 11.4. The molecule has 2 aromatic heterocycles. The minimum atomic E-state index is 0.800. The topological polar surface area (TPSA) is 55.6 Å². The van der Waals surface area contributed by atoms with Crippen molar-refractivity contribution in [2.45, 2.75) is 19.9 Å². The van der Waals surface area contributed by atoms with Crippen molar-refractivity contribution >= 4 is 5.95 Å². The molecule has 5 nitrogen and oxygen atoms in total.